The molecule has 0 unspecified atom stereocenters. The number of anilines is 5. The number of aromatic nitrogens is 1. The number of rotatable bonds is 12. The Morgan fingerprint density at radius 3 is 2.27 bits per heavy atom. The molecule has 0 saturated carbocycles. The molecule has 3 heterocycles. The first-order valence-corrected chi connectivity index (χ1v) is 21.4. The third-order valence-electron chi connectivity index (χ3n) is 9.10. The molecule has 59 heavy (non-hydrogen) atoms. The van der Waals surface area contributed by atoms with E-state index in [-0.39, 0.29) is 54.7 Å². The fourth-order valence-electron chi connectivity index (χ4n) is 6.05. The number of hydrogen-bond acceptors (Lipinski definition) is 15. The van der Waals surface area contributed by atoms with E-state index in [1.165, 1.54) is 86.0 Å². The van der Waals surface area contributed by atoms with Gasteiger partial charge in [-0.3, -0.25) is 19.0 Å². The highest BCUT2D eigenvalue weighted by Crippen LogP contribution is 2.40. The first-order chi connectivity index (χ1) is 28.1. The maximum absolute atomic E-state index is 14.0. The second-order valence-electron chi connectivity index (χ2n) is 13.3. The molecule has 306 valence electrons. The number of fused-ring (bicyclic) bond motifs is 1. The molecule has 1 fully saturated rings. The lowest BCUT2D eigenvalue weighted by Crippen LogP contribution is -2.37. The smallest absolute Gasteiger partial charge is 0.291 e. The standard InChI is InChI=1S/C38H36N8O10S3/c1-21-15-29(33(48)16-22(21)2)45-59(53,54)35-19-24(6-9-32(35)46-10-13-55-14-11-46)44-58(51,52)26-7-8-28-27(20-26)38(57-43-28)42-41-25-17-30(39-23(3)47)36(49)31(18-25)40-37(50)34-5-4-12-56-34/h4-9,12,15-20,44-45,48-49H,10-11,13-14H2,1-3H3,(H,39,47)(H,40,50). The number of morpholine rings is 1. The molecule has 18 nitrogen and oxygen atoms in total. The molecule has 1 aliphatic heterocycles. The van der Waals surface area contributed by atoms with Crippen LogP contribution in [0.25, 0.3) is 10.9 Å². The molecule has 0 radical (unpaired) electrons. The van der Waals surface area contributed by atoms with Gasteiger partial charge in [0.25, 0.3) is 26.0 Å². The van der Waals surface area contributed by atoms with E-state index in [1.54, 1.807) is 13.8 Å². The van der Waals surface area contributed by atoms with Crippen molar-refractivity contribution in [3.8, 4) is 11.5 Å². The molecule has 0 spiro atoms. The van der Waals surface area contributed by atoms with E-state index >= 15 is 0 Å². The summed E-state index contributed by atoms with van der Waals surface area (Å²) in [4.78, 5) is 25.9. The van der Waals surface area contributed by atoms with E-state index in [0.717, 1.165) is 22.7 Å². The average Bonchev–Trinajstić information content (AvgIpc) is 3.89. The number of nitrogens with one attached hydrogen (secondary N) is 4. The van der Waals surface area contributed by atoms with Gasteiger partial charge in [-0.1, -0.05) is 0 Å². The van der Waals surface area contributed by atoms with E-state index in [9.17, 15) is 36.6 Å². The number of carbonyl (C=O) groups is 2. The summed E-state index contributed by atoms with van der Waals surface area (Å²) in [6, 6.07) is 16.9. The van der Waals surface area contributed by atoms with Gasteiger partial charge in [0.05, 0.1) is 64.0 Å². The van der Waals surface area contributed by atoms with Crippen molar-refractivity contribution in [1.82, 2.24) is 4.37 Å². The average molecular weight is 861 g/mol. The number of sulfonamides is 2. The van der Waals surface area contributed by atoms with Crippen LogP contribution in [0, 0.1) is 13.8 Å². The summed E-state index contributed by atoms with van der Waals surface area (Å²) in [6.07, 6.45) is 1.31. The van der Waals surface area contributed by atoms with Crippen LogP contribution in [0.5, 0.6) is 11.5 Å². The van der Waals surface area contributed by atoms with Crippen molar-refractivity contribution >= 4 is 93.4 Å². The van der Waals surface area contributed by atoms with Crippen molar-refractivity contribution in [2.45, 2.75) is 30.6 Å². The zero-order valence-corrected chi connectivity index (χ0v) is 34.0. The van der Waals surface area contributed by atoms with Crippen LogP contribution in [0.1, 0.15) is 28.6 Å². The zero-order valence-electron chi connectivity index (χ0n) is 31.5. The Morgan fingerprint density at radius 2 is 1.56 bits per heavy atom. The Bertz CT molecular complexity index is 2860. The molecular formula is C38H36N8O10S3. The number of ether oxygens (including phenoxy) is 1. The maximum atomic E-state index is 14.0. The molecule has 0 aliphatic carbocycles. The lowest BCUT2D eigenvalue weighted by Gasteiger charge is -2.30. The molecule has 1 aliphatic rings. The van der Waals surface area contributed by atoms with Gasteiger partial charge in [0.15, 0.2) is 16.5 Å². The molecule has 2 amide bonds. The third-order valence-corrected chi connectivity index (χ3v) is 12.6. The summed E-state index contributed by atoms with van der Waals surface area (Å²) in [6.45, 7) is 6.30. The quantitative estimate of drug-likeness (QED) is 0.0538. The number of benzene rings is 4. The summed E-state index contributed by atoms with van der Waals surface area (Å²) in [5, 5.41) is 35.3. The number of amides is 2. The van der Waals surface area contributed by atoms with Crippen molar-refractivity contribution in [3.05, 3.63) is 95.9 Å². The Labute approximate surface area is 341 Å². The number of azo groups is 1. The lowest BCUT2D eigenvalue weighted by molar-refractivity contribution is -0.114. The zero-order chi connectivity index (χ0) is 42.1. The highest BCUT2D eigenvalue weighted by Gasteiger charge is 2.27. The fourth-order valence-corrected chi connectivity index (χ4v) is 9.13. The minimum absolute atomic E-state index is 0.0318. The van der Waals surface area contributed by atoms with E-state index in [0.29, 0.717) is 42.9 Å². The summed E-state index contributed by atoms with van der Waals surface area (Å²) in [7, 11) is -8.74. The van der Waals surface area contributed by atoms with E-state index in [1.807, 2.05) is 4.90 Å². The normalized spacial score (nSPS) is 13.4. The Balaban J connectivity index is 1.19. The van der Waals surface area contributed by atoms with Gasteiger partial charge in [0, 0.05) is 25.4 Å². The minimum Gasteiger partial charge on any atom is -0.506 e. The summed E-state index contributed by atoms with van der Waals surface area (Å²) < 4.78 is 75.6. The molecular weight excluding hydrogens is 825 g/mol. The number of furan rings is 1. The van der Waals surface area contributed by atoms with Crippen LogP contribution in [0.4, 0.5) is 39.1 Å². The predicted octanol–water partition coefficient (Wildman–Crippen LogP) is 6.98. The van der Waals surface area contributed by atoms with Crippen molar-refractivity contribution in [3.63, 3.8) is 0 Å². The minimum atomic E-state index is -4.39. The van der Waals surface area contributed by atoms with Crippen LogP contribution in [0.2, 0.25) is 0 Å². The number of nitrogens with zero attached hydrogens (tertiary/aromatic N) is 4. The van der Waals surface area contributed by atoms with Crippen LogP contribution in [0.15, 0.2) is 103 Å². The second-order valence-corrected chi connectivity index (χ2v) is 17.4. The van der Waals surface area contributed by atoms with Gasteiger partial charge >= 0.3 is 0 Å². The summed E-state index contributed by atoms with van der Waals surface area (Å²) in [5.74, 6) is -1.92. The van der Waals surface area contributed by atoms with Gasteiger partial charge in [-0.2, -0.15) is 4.37 Å². The second kappa shape index (κ2) is 16.4. The van der Waals surface area contributed by atoms with E-state index in [2.05, 4.69) is 34.7 Å². The summed E-state index contributed by atoms with van der Waals surface area (Å²) >= 11 is 0.928. The number of aryl methyl sites for hydroxylation is 2. The molecule has 21 heteroatoms. The van der Waals surface area contributed by atoms with Gasteiger partial charge in [-0.25, -0.2) is 16.8 Å². The fraction of sp³-hybridized carbons (Fsp3) is 0.184. The van der Waals surface area contributed by atoms with Crippen molar-refractivity contribution in [1.29, 1.82) is 0 Å². The van der Waals surface area contributed by atoms with E-state index < -0.39 is 37.6 Å². The Kier molecular flexibility index (Phi) is 11.3. The largest absolute Gasteiger partial charge is 0.506 e. The predicted molar refractivity (Wildman–Crippen MR) is 222 cm³/mol. The van der Waals surface area contributed by atoms with Gasteiger partial charge in [-0.15, -0.1) is 10.2 Å². The first kappa shape index (κ1) is 40.6. The van der Waals surface area contributed by atoms with Crippen molar-refractivity contribution in [2.24, 2.45) is 10.2 Å². The van der Waals surface area contributed by atoms with Crippen LogP contribution in [-0.4, -0.2) is 69.5 Å². The third kappa shape index (κ3) is 8.97. The highest BCUT2D eigenvalue weighted by molar-refractivity contribution is 7.93. The number of hydrogen-bond donors (Lipinski definition) is 6. The Hall–Kier alpha value is -6.55. The van der Waals surface area contributed by atoms with Gasteiger partial charge < -0.3 is 34.9 Å². The number of phenolic OH excluding ortho intramolecular Hbond substituents is 2. The number of aromatic hydroxyl groups is 2. The van der Waals surface area contributed by atoms with E-state index in [4.69, 9.17) is 9.15 Å². The Morgan fingerprint density at radius 1 is 0.831 bits per heavy atom. The number of phenols is 2. The van der Waals surface area contributed by atoms with Crippen LogP contribution < -0.4 is 25.0 Å². The molecule has 2 aromatic heterocycles. The van der Waals surface area contributed by atoms with Crippen molar-refractivity contribution in [2.75, 3.05) is 51.3 Å². The maximum Gasteiger partial charge on any atom is 0.291 e. The molecule has 1 saturated heterocycles. The molecule has 6 aromatic rings. The monoisotopic (exact) mass is 860 g/mol. The SMILES string of the molecule is CC(=O)Nc1cc(N=Nc2snc3ccc(S(=O)(=O)Nc4ccc(N5CCOCC5)c(S(=O)(=O)Nc5cc(C)c(C)cc5O)c4)cc23)cc(NC(=O)c2ccco2)c1O. The molecule has 6 N–H and O–H groups in total. The molecule has 0 bridgehead atoms. The van der Waals surface area contributed by atoms with Crippen molar-refractivity contribution < 1.29 is 45.8 Å². The van der Waals surface area contributed by atoms with Gasteiger partial charge in [0.2, 0.25) is 5.91 Å². The molecule has 7 rings (SSSR count). The van der Waals surface area contributed by atoms with Crippen LogP contribution >= 0.6 is 11.5 Å². The lowest BCUT2D eigenvalue weighted by atomic mass is 10.1. The molecule has 0 atom stereocenters. The molecule has 4 aromatic carbocycles. The summed E-state index contributed by atoms with van der Waals surface area (Å²) in [5.41, 5.74) is 2.08. The topological polar surface area (TPSA) is 254 Å². The van der Waals surface area contributed by atoms with Gasteiger partial charge in [0.1, 0.15) is 10.6 Å². The van der Waals surface area contributed by atoms with Crippen LogP contribution in [-0.2, 0) is 29.6 Å². The van der Waals surface area contributed by atoms with Crippen LogP contribution in [0.3, 0.4) is 0 Å². The van der Waals surface area contributed by atoms with Gasteiger partial charge in [-0.05, 0) is 109 Å². The highest BCUT2D eigenvalue weighted by atomic mass is 32.2. The first-order valence-electron chi connectivity index (χ1n) is 17.7. The number of carbonyl (C=O) groups excluding carboxylic acids is 2.